The van der Waals surface area contributed by atoms with Crippen molar-refractivity contribution in [3.8, 4) is 17.3 Å². The number of nitrogens with one attached hydrogen (secondary N) is 1. The average molecular weight is 399 g/mol. The van der Waals surface area contributed by atoms with Gasteiger partial charge in [-0.25, -0.2) is 4.98 Å². The molecule has 2 aromatic rings. The van der Waals surface area contributed by atoms with Crippen LogP contribution >= 0.6 is 0 Å². The van der Waals surface area contributed by atoms with E-state index in [0.29, 0.717) is 11.7 Å². The van der Waals surface area contributed by atoms with Gasteiger partial charge in [0, 0.05) is 42.5 Å². The molecule has 1 unspecified atom stereocenters. The van der Waals surface area contributed by atoms with Gasteiger partial charge in [0.1, 0.15) is 0 Å². The number of carbonyl (C=O) groups is 1. The predicted molar refractivity (Wildman–Crippen MR) is 112 cm³/mol. The van der Waals surface area contributed by atoms with E-state index in [1.807, 2.05) is 37.3 Å². The maximum absolute atomic E-state index is 12.7. The van der Waals surface area contributed by atoms with Crippen LogP contribution in [0.15, 0.2) is 30.3 Å². The minimum atomic E-state index is -0.0393. The molecule has 7 heteroatoms. The molecule has 1 aromatic heterocycles. The van der Waals surface area contributed by atoms with Gasteiger partial charge in [0.05, 0.1) is 26.7 Å². The topological polar surface area (TPSA) is 76.6 Å². The van der Waals surface area contributed by atoms with Crippen molar-refractivity contribution in [3.63, 3.8) is 0 Å². The van der Waals surface area contributed by atoms with Crippen molar-refractivity contribution < 1.29 is 14.3 Å². The summed E-state index contributed by atoms with van der Waals surface area (Å²) < 4.78 is 10.9. The van der Waals surface area contributed by atoms with Crippen LogP contribution in [-0.2, 0) is 16.0 Å². The Balaban J connectivity index is 1.68. The number of rotatable bonds is 8. The molecule has 1 fully saturated rings. The maximum Gasteiger partial charge on any atom is 0.224 e. The van der Waals surface area contributed by atoms with Crippen molar-refractivity contribution >= 4 is 5.91 Å². The van der Waals surface area contributed by atoms with Crippen LogP contribution in [0, 0.1) is 6.92 Å². The average Bonchev–Trinajstić information content (AvgIpc) is 2.75. The highest BCUT2D eigenvalue weighted by Gasteiger charge is 2.20. The number of ether oxygens (including phenoxy) is 2. The lowest BCUT2D eigenvalue weighted by molar-refractivity contribution is -0.121. The van der Waals surface area contributed by atoms with E-state index in [-0.39, 0.29) is 18.4 Å². The minimum Gasteiger partial charge on any atom is -0.481 e. The molecule has 1 aliphatic heterocycles. The zero-order chi connectivity index (χ0) is 20.6. The van der Waals surface area contributed by atoms with Crippen LogP contribution in [0.2, 0.25) is 0 Å². The molecule has 1 amide bonds. The van der Waals surface area contributed by atoms with Crippen LogP contribution in [0.1, 0.15) is 24.6 Å². The highest BCUT2D eigenvalue weighted by molar-refractivity contribution is 5.80. The summed E-state index contributed by atoms with van der Waals surface area (Å²) in [5.74, 6) is 1.01. The summed E-state index contributed by atoms with van der Waals surface area (Å²) in [5, 5.41) is 3.15. The van der Waals surface area contributed by atoms with Gasteiger partial charge in [0.15, 0.2) is 5.82 Å². The summed E-state index contributed by atoms with van der Waals surface area (Å²) in [4.78, 5) is 24.2. The van der Waals surface area contributed by atoms with Crippen molar-refractivity contribution in [2.75, 3.05) is 40.0 Å². The van der Waals surface area contributed by atoms with E-state index in [9.17, 15) is 4.79 Å². The molecule has 0 aliphatic carbocycles. The molecule has 1 N–H and O–H groups in total. The van der Waals surface area contributed by atoms with Crippen molar-refractivity contribution in [2.45, 2.75) is 32.7 Å². The maximum atomic E-state index is 12.7. The molecule has 0 radical (unpaired) electrons. The van der Waals surface area contributed by atoms with Gasteiger partial charge in [-0.05, 0) is 13.3 Å². The van der Waals surface area contributed by atoms with Crippen LogP contribution < -0.4 is 10.1 Å². The smallest absolute Gasteiger partial charge is 0.224 e. The van der Waals surface area contributed by atoms with Crippen molar-refractivity contribution in [1.29, 1.82) is 0 Å². The molecule has 1 saturated heterocycles. The van der Waals surface area contributed by atoms with Gasteiger partial charge in [0.25, 0.3) is 0 Å². The van der Waals surface area contributed by atoms with E-state index < -0.39 is 0 Å². The van der Waals surface area contributed by atoms with E-state index >= 15 is 0 Å². The van der Waals surface area contributed by atoms with Crippen molar-refractivity contribution in [3.05, 3.63) is 41.6 Å². The van der Waals surface area contributed by atoms with Crippen molar-refractivity contribution in [2.24, 2.45) is 0 Å². The third-order valence-corrected chi connectivity index (χ3v) is 5.18. The number of morpholine rings is 1. The number of nitrogens with zero attached hydrogens (tertiary/aromatic N) is 3. The molecule has 2 heterocycles. The Morgan fingerprint density at radius 3 is 2.62 bits per heavy atom. The molecule has 7 nitrogen and oxygen atoms in total. The van der Waals surface area contributed by atoms with Crippen molar-refractivity contribution in [1.82, 2.24) is 20.2 Å². The standard InChI is InChI=1S/C22H30N4O3/c1-4-18(15-26-10-12-29-13-11-26)24-20(27)14-19-16(2)23-21(25-22(19)28-3)17-8-6-5-7-9-17/h5-9,18H,4,10-15H2,1-3H3,(H,24,27). The zero-order valence-electron chi connectivity index (χ0n) is 17.5. The monoisotopic (exact) mass is 398 g/mol. The summed E-state index contributed by atoms with van der Waals surface area (Å²) >= 11 is 0. The first-order chi connectivity index (χ1) is 14.1. The van der Waals surface area contributed by atoms with E-state index in [4.69, 9.17) is 9.47 Å². The summed E-state index contributed by atoms with van der Waals surface area (Å²) in [6, 6.07) is 9.86. The molecular weight excluding hydrogens is 368 g/mol. The molecule has 1 aromatic carbocycles. The second-order valence-electron chi connectivity index (χ2n) is 7.25. The van der Waals surface area contributed by atoms with Gasteiger partial charge in [0.2, 0.25) is 11.8 Å². The number of hydrogen-bond donors (Lipinski definition) is 1. The highest BCUT2D eigenvalue weighted by Crippen LogP contribution is 2.24. The Labute approximate surface area is 172 Å². The van der Waals surface area contributed by atoms with E-state index in [1.165, 1.54) is 0 Å². The molecular formula is C22H30N4O3. The van der Waals surface area contributed by atoms with E-state index in [2.05, 4.69) is 27.1 Å². The Morgan fingerprint density at radius 1 is 1.24 bits per heavy atom. The van der Waals surface area contributed by atoms with Gasteiger partial charge in [-0.1, -0.05) is 37.3 Å². The van der Waals surface area contributed by atoms with Crippen LogP contribution in [-0.4, -0.2) is 66.8 Å². The van der Waals surface area contributed by atoms with Crippen LogP contribution in [0.25, 0.3) is 11.4 Å². The highest BCUT2D eigenvalue weighted by atomic mass is 16.5. The normalized spacial score (nSPS) is 15.7. The van der Waals surface area contributed by atoms with E-state index in [1.54, 1.807) is 7.11 Å². The zero-order valence-corrected chi connectivity index (χ0v) is 17.5. The lowest BCUT2D eigenvalue weighted by Gasteiger charge is -2.30. The third kappa shape index (κ3) is 5.74. The van der Waals surface area contributed by atoms with E-state index in [0.717, 1.165) is 56.1 Å². The molecule has 0 saturated carbocycles. The second-order valence-corrected chi connectivity index (χ2v) is 7.25. The molecule has 3 rings (SSSR count). The molecule has 1 atom stereocenters. The number of amides is 1. The van der Waals surface area contributed by atoms with Gasteiger partial charge in [-0.15, -0.1) is 0 Å². The SMILES string of the molecule is CCC(CN1CCOCC1)NC(=O)Cc1c(C)nc(-c2ccccc2)nc1OC. The van der Waals surface area contributed by atoms with Gasteiger partial charge >= 0.3 is 0 Å². The fourth-order valence-corrected chi connectivity index (χ4v) is 3.47. The molecule has 1 aliphatic rings. The fourth-order valence-electron chi connectivity index (χ4n) is 3.47. The first-order valence-corrected chi connectivity index (χ1v) is 10.2. The third-order valence-electron chi connectivity index (χ3n) is 5.18. The van der Waals surface area contributed by atoms with Gasteiger partial charge < -0.3 is 14.8 Å². The largest absolute Gasteiger partial charge is 0.481 e. The molecule has 29 heavy (non-hydrogen) atoms. The fraction of sp³-hybridized carbons (Fsp3) is 0.500. The first kappa shape index (κ1) is 21.2. The van der Waals surface area contributed by atoms with Gasteiger partial charge in [-0.2, -0.15) is 4.98 Å². The quantitative estimate of drug-likeness (QED) is 0.735. The number of aryl methyl sites for hydroxylation is 1. The van der Waals surface area contributed by atoms with Crippen LogP contribution in [0.3, 0.4) is 0 Å². The summed E-state index contributed by atoms with van der Waals surface area (Å²) in [7, 11) is 1.57. The summed E-state index contributed by atoms with van der Waals surface area (Å²) in [6.45, 7) is 8.16. The minimum absolute atomic E-state index is 0.0393. The van der Waals surface area contributed by atoms with Crippen LogP contribution in [0.5, 0.6) is 5.88 Å². The number of methoxy groups -OCH3 is 1. The predicted octanol–water partition coefficient (Wildman–Crippen LogP) is 2.23. The van der Waals surface area contributed by atoms with Crippen LogP contribution in [0.4, 0.5) is 0 Å². The Morgan fingerprint density at radius 2 is 1.97 bits per heavy atom. The Bertz CT molecular complexity index is 807. The number of hydrogen-bond acceptors (Lipinski definition) is 6. The second kappa shape index (κ2) is 10.3. The molecule has 0 bridgehead atoms. The summed E-state index contributed by atoms with van der Waals surface area (Å²) in [6.07, 6.45) is 1.08. The number of carbonyl (C=O) groups excluding carboxylic acids is 1. The molecule has 0 spiro atoms. The Hall–Kier alpha value is -2.51. The number of aromatic nitrogens is 2. The Kier molecular flexibility index (Phi) is 7.55. The lowest BCUT2D eigenvalue weighted by atomic mass is 10.1. The van der Waals surface area contributed by atoms with Gasteiger partial charge in [-0.3, -0.25) is 9.69 Å². The first-order valence-electron chi connectivity index (χ1n) is 10.2. The number of benzene rings is 1. The lowest BCUT2D eigenvalue weighted by Crippen LogP contribution is -2.47. The molecule has 156 valence electrons. The summed E-state index contributed by atoms with van der Waals surface area (Å²) in [5.41, 5.74) is 2.40.